The monoisotopic (exact) mass is 351 g/mol. The molecular formula is C16H15BrClNO. The Morgan fingerprint density at radius 2 is 2.10 bits per heavy atom. The van der Waals surface area contributed by atoms with Crippen LogP contribution in [0, 0.1) is 0 Å². The molecule has 1 N–H and O–H groups in total. The van der Waals surface area contributed by atoms with Crippen LogP contribution in [0.5, 0.6) is 5.75 Å². The van der Waals surface area contributed by atoms with Gasteiger partial charge >= 0.3 is 0 Å². The number of anilines is 1. The first kappa shape index (κ1) is 13.8. The van der Waals surface area contributed by atoms with Crippen LogP contribution in [-0.2, 0) is 6.42 Å². The van der Waals surface area contributed by atoms with Crippen LogP contribution in [0.4, 0.5) is 5.69 Å². The summed E-state index contributed by atoms with van der Waals surface area (Å²) in [4.78, 5) is 0. The average molecular weight is 353 g/mol. The second-order valence-corrected chi connectivity index (χ2v) is 6.16. The third-order valence-electron chi connectivity index (χ3n) is 3.69. The van der Waals surface area contributed by atoms with Gasteiger partial charge in [0.1, 0.15) is 5.75 Å². The Labute approximate surface area is 132 Å². The van der Waals surface area contributed by atoms with Crippen LogP contribution in [0.25, 0.3) is 0 Å². The van der Waals surface area contributed by atoms with E-state index in [1.165, 1.54) is 5.56 Å². The van der Waals surface area contributed by atoms with Crippen LogP contribution in [0.15, 0.2) is 40.9 Å². The summed E-state index contributed by atoms with van der Waals surface area (Å²) in [5, 5.41) is 4.39. The third-order valence-corrected chi connectivity index (χ3v) is 4.65. The molecule has 1 aliphatic rings. The van der Waals surface area contributed by atoms with Gasteiger partial charge in [0.25, 0.3) is 0 Å². The minimum absolute atomic E-state index is 0.252. The second kappa shape index (κ2) is 5.66. The summed E-state index contributed by atoms with van der Waals surface area (Å²) >= 11 is 9.83. The van der Waals surface area contributed by atoms with E-state index in [1.54, 1.807) is 7.11 Å². The van der Waals surface area contributed by atoms with E-state index in [1.807, 2.05) is 24.3 Å². The number of rotatable bonds is 2. The summed E-state index contributed by atoms with van der Waals surface area (Å²) < 4.78 is 6.36. The first-order chi connectivity index (χ1) is 9.69. The standard InChI is InChI=1S/C16H15BrClNO/c1-20-16-9-15-10(8-12(16)17)6-7-14(19-15)11-4-2-3-5-13(11)18/h2-5,8-9,14,19H,6-7H2,1H3. The summed E-state index contributed by atoms with van der Waals surface area (Å²) in [5.41, 5.74) is 3.59. The highest BCUT2D eigenvalue weighted by Crippen LogP contribution is 2.39. The molecule has 2 aromatic carbocycles. The summed E-state index contributed by atoms with van der Waals surface area (Å²) in [6.45, 7) is 0. The number of ether oxygens (including phenoxy) is 1. The molecule has 104 valence electrons. The van der Waals surface area contributed by atoms with Crippen LogP contribution < -0.4 is 10.1 Å². The molecule has 4 heteroatoms. The highest BCUT2D eigenvalue weighted by Gasteiger charge is 2.22. The van der Waals surface area contributed by atoms with Gasteiger partial charge in [-0.2, -0.15) is 0 Å². The lowest BCUT2D eigenvalue weighted by Gasteiger charge is -2.28. The lowest BCUT2D eigenvalue weighted by Crippen LogP contribution is -2.18. The van der Waals surface area contributed by atoms with Gasteiger partial charge in [-0.05, 0) is 52.0 Å². The number of halogens is 2. The van der Waals surface area contributed by atoms with Gasteiger partial charge in [0.15, 0.2) is 0 Å². The predicted octanol–water partition coefficient (Wildman–Crippen LogP) is 5.21. The molecule has 0 saturated carbocycles. The topological polar surface area (TPSA) is 21.3 Å². The molecule has 1 atom stereocenters. The van der Waals surface area contributed by atoms with Crippen molar-refractivity contribution >= 4 is 33.2 Å². The van der Waals surface area contributed by atoms with Crippen molar-refractivity contribution in [2.45, 2.75) is 18.9 Å². The van der Waals surface area contributed by atoms with Gasteiger partial charge < -0.3 is 10.1 Å². The minimum Gasteiger partial charge on any atom is -0.495 e. The fourth-order valence-electron chi connectivity index (χ4n) is 2.64. The fourth-order valence-corrected chi connectivity index (χ4v) is 3.46. The van der Waals surface area contributed by atoms with Gasteiger partial charge in [-0.15, -0.1) is 0 Å². The van der Waals surface area contributed by atoms with E-state index in [0.29, 0.717) is 0 Å². The SMILES string of the molecule is COc1cc2c(cc1Br)CCC(c1ccccc1Cl)N2. The van der Waals surface area contributed by atoms with Crippen molar-refractivity contribution in [3.63, 3.8) is 0 Å². The Kier molecular flexibility index (Phi) is 3.90. The lowest BCUT2D eigenvalue weighted by molar-refractivity contribution is 0.412. The zero-order valence-electron chi connectivity index (χ0n) is 11.1. The molecule has 1 heterocycles. The zero-order chi connectivity index (χ0) is 14.1. The van der Waals surface area contributed by atoms with Crippen molar-refractivity contribution < 1.29 is 4.74 Å². The van der Waals surface area contributed by atoms with Crippen LogP contribution in [0.2, 0.25) is 5.02 Å². The van der Waals surface area contributed by atoms with Crippen LogP contribution >= 0.6 is 27.5 Å². The molecule has 0 aromatic heterocycles. The molecule has 0 fully saturated rings. The molecule has 0 saturated heterocycles. The summed E-state index contributed by atoms with van der Waals surface area (Å²) in [6.07, 6.45) is 2.07. The van der Waals surface area contributed by atoms with Gasteiger partial charge in [0.2, 0.25) is 0 Å². The van der Waals surface area contributed by atoms with Gasteiger partial charge in [0.05, 0.1) is 17.6 Å². The van der Waals surface area contributed by atoms with Crippen molar-refractivity contribution in [1.29, 1.82) is 0 Å². The summed E-state index contributed by atoms with van der Waals surface area (Å²) in [7, 11) is 1.68. The van der Waals surface area contributed by atoms with Crippen molar-refractivity contribution in [3.8, 4) is 5.75 Å². The first-order valence-electron chi connectivity index (χ1n) is 6.56. The number of benzene rings is 2. The number of aryl methyl sites for hydroxylation is 1. The largest absolute Gasteiger partial charge is 0.495 e. The average Bonchev–Trinajstić information content (AvgIpc) is 2.46. The van der Waals surface area contributed by atoms with Gasteiger partial charge in [-0.25, -0.2) is 0 Å². The highest BCUT2D eigenvalue weighted by atomic mass is 79.9. The van der Waals surface area contributed by atoms with E-state index in [2.05, 4.69) is 33.4 Å². The van der Waals surface area contributed by atoms with Crippen LogP contribution in [-0.4, -0.2) is 7.11 Å². The molecule has 20 heavy (non-hydrogen) atoms. The zero-order valence-corrected chi connectivity index (χ0v) is 13.5. The van der Waals surface area contributed by atoms with Gasteiger partial charge in [0, 0.05) is 16.8 Å². The molecule has 3 rings (SSSR count). The van der Waals surface area contributed by atoms with Gasteiger partial charge in [-0.1, -0.05) is 29.8 Å². The van der Waals surface area contributed by atoms with Crippen LogP contribution in [0.1, 0.15) is 23.6 Å². The Morgan fingerprint density at radius 1 is 1.30 bits per heavy atom. The van der Waals surface area contributed by atoms with Crippen molar-refractivity contribution in [1.82, 2.24) is 0 Å². The minimum atomic E-state index is 0.252. The Balaban J connectivity index is 1.94. The molecule has 0 bridgehead atoms. The summed E-state index contributed by atoms with van der Waals surface area (Å²) in [6, 6.07) is 12.4. The number of hydrogen-bond donors (Lipinski definition) is 1. The normalized spacial score (nSPS) is 17.2. The molecule has 1 unspecified atom stereocenters. The maximum Gasteiger partial charge on any atom is 0.135 e. The number of hydrogen-bond acceptors (Lipinski definition) is 2. The number of fused-ring (bicyclic) bond motifs is 1. The van der Waals surface area contributed by atoms with Crippen molar-refractivity contribution in [3.05, 3.63) is 57.0 Å². The number of nitrogens with one attached hydrogen (secondary N) is 1. The second-order valence-electron chi connectivity index (χ2n) is 4.90. The van der Waals surface area contributed by atoms with E-state index < -0.39 is 0 Å². The summed E-state index contributed by atoms with van der Waals surface area (Å²) in [5.74, 6) is 0.844. The third kappa shape index (κ3) is 2.52. The van der Waals surface area contributed by atoms with E-state index in [-0.39, 0.29) is 6.04 Å². The molecule has 0 spiro atoms. The Morgan fingerprint density at radius 3 is 2.85 bits per heavy atom. The molecule has 2 nitrogen and oxygen atoms in total. The van der Waals surface area contributed by atoms with Crippen LogP contribution in [0.3, 0.4) is 0 Å². The van der Waals surface area contributed by atoms with E-state index in [0.717, 1.165) is 39.3 Å². The quantitative estimate of drug-likeness (QED) is 0.801. The maximum atomic E-state index is 6.30. The first-order valence-corrected chi connectivity index (χ1v) is 7.73. The van der Waals surface area contributed by atoms with Crippen molar-refractivity contribution in [2.24, 2.45) is 0 Å². The fraction of sp³-hybridized carbons (Fsp3) is 0.250. The molecule has 2 aromatic rings. The van der Waals surface area contributed by atoms with Gasteiger partial charge in [-0.3, -0.25) is 0 Å². The maximum absolute atomic E-state index is 6.30. The lowest BCUT2D eigenvalue weighted by atomic mass is 9.93. The van der Waals surface area contributed by atoms with E-state index in [9.17, 15) is 0 Å². The highest BCUT2D eigenvalue weighted by molar-refractivity contribution is 9.10. The Bertz CT molecular complexity index is 644. The van der Waals surface area contributed by atoms with E-state index in [4.69, 9.17) is 16.3 Å². The smallest absolute Gasteiger partial charge is 0.135 e. The molecule has 1 aliphatic heterocycles. The molecule has 0 amide bonds. The Hall–Kier alpha value is -1.19. The molecule has 0 radical (unpaired) electrons. The molecular weight excluding hydrogens is 338 g/mol. The predicted molar refractivity (Wildman–Crippen MR) is 86.8 cm³/mol. The van der Waals surface area contributed by atoms with E-state index >= 15 is 0 Å². The molecule has 0 aliphatic carbocycles. The van der Waals surface area contributed by atoms with Crippen molar-refractivity contribution in [2.75, 3.05) is 12.4 Å². The number of methoxy groups -OCH3 is 1.